The zero-order chi connectivity index (χ0) is 16.1. The van der Waals surface area contributed by atoms with E-state index in [1.54, 1.807) is 6.92 Å². The number of carbonyl (C=O) groups is 1. The van der Waals surface area contributed by atoms with E-state index in [2.05, 4.69) is 5.32 Å². The SMILES string of the molecule is C[C@H](Nc1ccc([N+](=O)[O-])cc1C#N)C(=O)N1CCCCC1. The molecule has 1 aliphatic rings. The van der Waals surface area contributed by atoms with Crippen LogP contribution in [-0.2, 0) is 4.79 Å². The molecule has 1 heterocycles. The predicted molar refractivity (Wildman–Crippen MR) is 81.3 cm³/mol. The van der Waals surface area contributed by atoms with Crippen molar-refractivity contribution < 1.29 is 9.72 Å². The van der Waals surface area contributed by atoms with Crippen LogP contribution in [0.5, 0.6) is 0 Å². The second kappa shape index (κ2) is 6.89. The van der Waals surface area contributed by atoms with Gasteiger partial charge in [-0.25, -0.2) is 0 Å². The number of likely N-dealkylation sites (tertiary alicyclic amines) is 1. The van der Waals surface area contributed by atoms with Crippen LogP contribution >= 0.6 is 0 Å². The van der Waals surface area contributed by atoms with Crippen LogP contribution in [0.4, 0.5) is 11.4 Å². The van der Waals surface area contributed by atoms with Crippen molar-refractivity contribution in [3.8, 4) is 6.07 Å². The van der Waals surface area contributed by atoms with Crippen molar-refractivity contribution in [1.29, 1.82) is 5.26 Å². The highest BCUT2D eigenvalue weighted by Crippen LogP contribution is 2.22. The molecule has 22 heavy (non-hydrogen) atoms. The van der Waals surface area contributed by atoms with Crippen LogP contribution < -0.4 is 5.32 Å². The molecule has 0 spiro atoms. The summed E-state index contributed by atoms with van der Waals surface area (Å²) in [7, 11) is 0. The average molecular weight is 302 g/mol. The fourth-order valence-electron chi connectivity index (χ4n) is 2.55. The van der Waals surface area contributed by atoms with Crippen LogP contribution in [0.2, 0.25) is 0 Å². The molecule has 1 N–H and O–H groups in total. The number of anilines is 1. The molecule has 1 amide bonds. The summed E-state index contributed by atoms with van der Waals surface area (Å²) in [5.74, 6) is -0.0121. The Morgan fingerprint density at radius 2 is 2.09 bits per heavy atom. The lowest BCUT2D eigenvalue weighted by Crippen LogP contribution is -2.44. The van der Waals surface area contributed by atoms with E-state index >= 15 is 0 Å². The topological polar surface area (TPSA) is 99.3 Å². The Balaban J connectivity index is 2.10. The molecule has 0 radical (unpaired) electrons. The van der Waals surface area contributed by atoms with Gasteiger partial charge in [0.1, 0.15) is 12.1 Å². The summed E-state index contributed by atoms with van der Waals surface area (Å²) < 4.78 is 0. The molecule has 1 fully saturated rings. The summed E-state index contributed by atoms with van der Waals surface area (Å²) in [6.07, 6.45) is 3.17. The summed E-state index contributed by atoms with van der Waals surface area (Å²) in [5.41, 5.74) is 0.454. The number of nitro benzene ring substituents is 1. The number of hydrogen-bond acceptors (Lipinski definition) is 5. The number of rotatable bonds is 4. The lowest BCUT2D eigenvalue weighted by Gasteiger charge is -2.29. The highest BCUT2D eigenvalue weighted by molar-refractivity contribution is 5.85. The Hall–Kier alpha value is -2.62. The molecule has 7 heteroatoms. The van der Waals surface area contributed by atoms with Crippen LogP contribution in [0.25, 0.3) is 0 Å². The van der Waals surface area contributed by atoms with Gasteiger partial charge in [-0.05, 0) is 32.3 Å². The lowest BCUT2D eigenvalue weighted by molar-refractivity contribution is -0.384. The minimum atomic E-state index is -0.549. The van der Waals surface area contributed by atoms with Gasteiger partial charge in [-0.2, -0.15) is 5.26 Å². The summed E-state index contributed by atoms with van der Waals surface area (Å²) >= 11 is 0. The van der Waals surface area contributed by atoms with Gasteiger partial charge < -0.3 is 10.2 Å². The van der Waals surface area contributed by atoms with Gasteiger partial charge in [-0.1, -0.05) is 0 Å². The minimum Gasteiger partial charge on any atom is -0.373 e. The first-order valence-corrected chi connectivity index (χ1v) is 7.27. The number of non-ortho nitro benzene ring substituents is 1. The number of hydrogen-bond donors (Lipinski definition) is 1. The smallest absolute Gasteiger partial charge is 0.270 e. The Morgan fingerprint density at radius 1 is 1.41 bits per heavy atom. The minimum absolute atomic E-state index is 0.0121. The van der Waals surface area contributed by atoms with Crippen LogP contribution in [-0.4, -0.2) is 34.9 Å². The molecule has 1 aliphatic heterocycles. The monoisotopic (exact) mass is 302 g/mol. The van der Waals surface area contributed by atoms with Crippen LogP contribution in [0.15, 0.2) is 18.2 Å². The third kappa shape index (κ3) is 3.52. The van der Waals surface area contributed by atoms with Gasteiger partial charge in [0, 0.05) is 25.2 Å². The van der Waals surface area contributed by atoms with Crippen molar-refractivity contribution in [1.82, 2.24) is 4.90 Å². The zero-order valence-electron chi connectivity index (χ0n) is 12.4. The highest BCUT2D eigenvalue weighted by atomic mass is 16.6. The normalized spacial score (nSPS) is 15.7. The fourth-order valence-corrected chi connectivity index (χ4v) is 2.55. The standard InChI is InChI=1S/C15H18N4O3/c1-11(15(20)18-7-3-2-4-8-18)17-14-6-5-13(19(21)22)9-12(14)10-16/h5-6,9,11,17H,2-4,7-8H2,1H3/t11-/m0/s1. The molecule has 0 aliphatic carbocycles. The van der Waals surface area contributed by atoms with Crippen molar-refractivity contribution >= 4 is 17.3 Å². The Kier molecular flexibility index (Phi) is 4.94. The molecule has 0 unspecified atom stereocenters. The second-order valence-corrected chi connectivity index (χ2v) is 5.35. The zero-order valence-corrected chi connectivity index (χ0v) is 12.4. The van der Waals surface area contributed by atoms with Crippen molar-refractivity contribution in [2.45, 2.75) is 32.2 Å². The number of amides is 1. The van der Waals surface area contributed by atoms with E-state index in [9.17, 15) is 14.9 Å². The predicted octanol–water partition coefficient (Wildman–Crippen LogP) is 2.28. The molecule has 0 bridgehead atoms. The second-order valence-electron chi connectivity index (χ2n) is 5.35. The van der Waals surface area contributed by atoms with Crippen molar-refractivity contribution in [2.24, 2.45) is 0 Å². The van der Waals surface area contributed by atoms with Gasteiger partial charge in [-0.15, -0.1) is 0 Å². The molecule has 1 saturated heterocycles. The maximum absolute atomic E-state index is 12.3. The van der Waals surface area contributed by atoms with Gasteiger partial charge in [0.05, 0.1) is 16.2 Å². The third-order valence-electron chi connectivity index (χ3n) is 3.74. The van der Waals surface area contributed by atoms with Crippen LogP contribution in [0.1, 0.15) is 31.7 Å². The Morgan fingerprint density at radius 3 is 2.68 bits per heavy atom. The molecule has 116 valence electrons. The van der Waals surface area contributed by atoms with Crippen molar-refractivity contribution in [3.63, 3.8) is 0 Å². The molecule has 1 atom stereocenters. The van der Waals surface area contributed by atoms with Gasteiger partial charge in [0.2, 0.25) is 5.91 Å². The van der Waals surface area contributed by atoms with E-state index in [1.807, 2.05) is 11.0 Å². The van der Waals surface area contributed by atoms with Gasteiger partial charge in [0.25, 0.3) is 5.69 Å². The van der Waals surface area contributed by atoms with E-state index in [-0.39, 0.29) is 17.2 Å². The third-order valence-corrected chi connectivity index (χ3v) is 3.74. The van der Waals surface area contributed by atoms with Crippen molar-refractivity contribution in [3.05, 3.63) is 33.9 Å². The van der Waals surface area contributed by atoms with E-state index in [1.165, 1.54) is 18.2 Å². The summed E-state index contributed by atoms with van der Waals surface area (Å²) in [6, 6.07) is 5.44. The first-order chi connectivity index (χ1) is 10.5. The Bertz CT molecular complexity index is 618. The quantitative estimate of drug-likeness (QED) is 0.679. The maximum atomic E-state index is 12.3. The summed E-state index contributed by atoms with van der Waals surface area (Å²) in [4.78, 5) is 24.4. The summed E-state index contributed by atoms with van der Waals surface area (Å²) in [5, 5.41) is 22.8. The molecule has 1 aromatic rings. The number of nitriles is 1. The van der Waals surface area contributed by atoms with Gasteiger partial charge in [0.15, 0.2) is 0 Å². The molecule has 0 saturated carbocycles. The highest BCUT2D eigenvalue weighted by Gasteiger charge is 2.23. The Labute approximate surface area is 128 Å². The number of carbonyl (C=O) groups excluding carboxylic acids is 1. The number of nitro groups is 1. The van der Waals surface area contributed by atoms with E-state index in [0.29, 0.717) is 5.69 Å². The van der Waals surface area contributed by atoms with Crippen molar-refractivity contribution in [2.75, 3.05) is 18.4 Å². The number of nitrogens with one attached hydrogen (secondary N) is 1. The van der Waals surface area contributed by atoms with E-state index in [0.717, 1.165) is 32.4 Å². The number of nitrogens with zero attached hydrogens (tertiary/aromatic N) is 3. The molecule has 0 aromatic heterocycles. The van der Waals surface area contributed by atoms with Crippen LogP contribution in [0.3, 0.4) is 0 Å². The molecule has 2 rings (SSSR count). The molecular weight excluding hydrogens is 284 g/mol. The number of benzene rings is 1. The van der Waals surface area contributed by atoms with E-state index < -0.39 is 11.0 Å². The lowest BCUT2D eigenvalue weighted by atomic mass is 10.1. The maximum Gasteiger partial charge on any atom is 0.270 e. The van der Waals surface area contributed by atoms with E-state index in [4.69, 9.17) is 5.26 Å². The molecule has 1 aromatic carbocycles. The first kappa shape index (κ1) is 15.8. The molecule has 7 nitrogen and oxygen atoms in total. The van der Waals surface area contributed by atoms with Gasteiger partial charge in [-0.3, -0.25) is 14.9 Å². The first-order valence-electron chi connectivity index (χ1n) is 7.27. The van der Waals surface area contributed by atoms with Gasteiger partial charge >= 0.3 is 0 Å². The average Bonchev–Trinajstić information content (AvgIpc) is 2.55. The largest absolute Gasteiger partial charge is 0.373 e. The number of piperidine rings is 1. The summed E-state index contributed by atoms with van der Waals surface area (Å²) in [6.45, 7) is 3.26. The fraction of sp³-hybridized carbons (Fsp3) is 0.467. The van der Waals surface area contributed by atoms with Crippen LogP contribution in [0, 0.1) is 21.4 Å². The molecular formula is C15H18N4O3.